The van der Waals surface area contributed by atoms with Crippen molar-refractivity contribution in [3.05, 3.63) is 59.7 Å². The highest BCUT2D eigenvalue weighted by Crippen LogP contribution is 2.29. The van der Waals surface area contributed by atoms with E-state index in [1.165, 1.54) is 19.2 Å². The molecule has 2 rings (SSSR count). The second kappa shape index (κ2) is 10.2. The Hall–Kier alpha value is -3.23. The van der Waals surface area contributed by atoms with Gasteiger partial charge in [0.2, 0.25) is 0 Å². The zero-order valence-corrected chi connectivity index (χ0v) is 17.7. The molecule has 0 saturated carbocycles. The minimum Gasteiger partial charge on any atom is -0.497 e. The Bertz CT molecular complexity index is 881. The van der Waals surface area contributed by atoms with Gasteiger partial charge in [0.05, 0.1) is 25.5 Å². The molecule has 0 radical (unpaired) electrons. The molecule has 1 amide bonds. The summed E-state index contributed by atoms with van der Waals surface area (Å²) < 4.78 is 48.5. The van der Waals surface area contributed by atoms with Gasteiger partial charge in [0, 0.05) is 5.56 Å². The Balaban J connectivity index is 2.38. The standard InChI is InChI=1S/C22H25F3N2O4/c1-14(2)13-19(21(29)31-4)27(17-9-11-18(30-3)12-10-17)26-20(28)15-5-7-16(8-6-15)22(23,24)25/h5-12,14,19H,13H2,1-4H3,(H,26,28)/t19-/m1/s1. The van der Waals surface area contributed by atoms with Crippen molar-refractivity contribution in [1.82, 2.24) is 5.43 Å². The smallest absolute Gasteiger partial charge is 0.416 e. The highest BCUT2D eigenvalue weighted by molar-refractivity contribution is 5.96. The summed E-state index contributed by atoms with van der Waals surface area (Å²) in [7, 11) is 2.76. The zero-order chi connectivity index (χ0) is 23.2. The van der Waals surface area contributed by atoms with Crippen LogP contribution in [0.2, 0.25) is 0 Å². The summed E-state index contributed by atoms with van der Waals surface area (Å²) in [5.41, 5.74) is 2.28. The second-order valence-corrected chi connectivity index (χ2v) is 7.25. The van der Waals surface area contributed by atoms with Crippen LogP contribution in [0.25, 0.3) is 0 Å². The highest BCUT2D eigenvalue weighted by atomic mass is 19.4. The molecule has 0 spiro atoms. The topological polar surface area (TPSA) is 67.9 Å². The van der Waals surface area contributed by atoms with E-state index >= 15 is 0 Å². The lowest BCUT2D eigenvalue weighted by atomic mass is 10.0. The third-order valence-corrected chi connectivity index (χ3v) is 4.53. The van der Waals surface area contributed by atoms with E-state index in [1.54, 1.807) is 24.3 Å². The van der Waals surface area contributed by atoms with Crippen molar-refractivity contribution in [2.24, 2.45) is 5.92 Å². The third kappa shape index (κ3) is 6.37. The summed E-state index contributed by atoms with van der Waals surface area (Å²) in [5.74, 6) is -0.552. The monoisotopic (exact) mass is 438 g/mol. The van der Waals surface area contributed by atoms with Crippen LogP contribution in [-0.4, -0.2) is 32.1 Å². The van der Waals surface area contributed by atoms with Crippen molar-refractivity contribution in [3.63, 3.8) is 0 Å². The molecule has 0 aliphatic rings. The summed E-state index contributed by atoms with van der Waals surface area (Å²) >= 11 is 0. The van der Waals surface area contributed by atoms with Crippen molar-refractivity contribution >= 4 is 17.6 Å². The van der Waals surface area contributed by atoms with Gasteiger partial charge in [-0.3, -0.25) is 15.2 Å². The number of hydrogen-bond donors (Lipinski definition) is 1. The number of ether oxygens (including phenoxy) is 2. The minimum absolute atomic E-state index is 0.0136. The molecule has 31 heavy (non-hydrogen) atoms. The number of methoxy groups -OCH3 is 2. The van der Waals surface area contributed by atoms with Crippen molar-refractivity contribution in [1.29, 1.82) is 0 Å². The molecule has 0 saturated heterocycles. The largest absolute Gasteiger partial charge is 0.497 e. The first kappa shape index (κ1) is 24.0. The summed E-state index contributed by atoms with van der Waals surface area (Å²) in [4.78, 5) is 25.3. The van der Waals surface area contributed by atoms with E-state index < -0.39 is 29.7 Å². The van der Waals surface area contributed by atoms with Crippen molar-refractivity contribution < 1.29 is 32.2 Å². The molecular weight excluding hydrogens is 413 g/mol. The average Bonchev–Trinajstić information content (AvgIpc) is 2.74. The number of hydrogen-bond acceptors (Lipinski definition) is 5. The van der Waals surface area contributed by atoms with Gasteiger partial charge in [0.25, 0.3) is 5.91 Å². The van der Waals surface area contributed by atoms with Gasteiger partial charge in [-0.25, -0.2) is 4.79 Å². The van der Waals surface area contributed by atoms with E-state index in [-0.39, 0.29) is 11.5 Å². The van der Waals surface area contributed by atoms with Gasteiger partial charge >= 0.3 is 12.1 Å². The average molecular weight is 438 g/mol. The normalized spacial score (nSPS) is 12.3. The number of halogens is 3. The van der Waals surface area contributed by atoms with E-state index in [4.69, 9.17) is 9.47 Å². The van der Waals surface area contributed by atoms with Crippen LogP contribution in [0.15, 0.2) is 48.5 Å². The zero-order valence-electron chi connectivity index (χ0n) is 17.7. The summed E-state index contributed by atoms with van der Waals surface area (Å²) in [6, 6.07) is 9.62. The number of carbonyl (C=O) groups excluding carboxylic acids is 2. The van der Waals surface area contributed by atoms with Crippen LogP contribution in [0.3, 0.4) is 0 Å². The molecule has 1 N–H and O–H groups in total. The van der Waals surface area contributed by atoms with Crippen LogP contribution in [0.5, 0.6) is 5.75 Å². The van der Waals surface area contributed by atoms with Crippen molar-refractivity contribution in [3.8, 4) is 5.75 Å². The van der Waals surface area contributed by atoms with Gasteiger partial charge in [-0.15, -0.1) is 0 Å². The predicted molar refractivity (Wildman–Crippen MR) is 110 cm³/mol. The molecule has 2 aromatic rings. The molecule has 0 bridgehead atoms. The number of benzene rings is 2. The lowest BCUT2D eigenvalue weighted by Gasteiger charge is -2.33. The highest BCUT2D eigenvalue weighted by Gasteiger charge is 2.32. The molecule has 9 heteroatoms. The number of esters is 1. The van der Waals surface area contributed by atoms with E-state index in [0.29, 0.717) is 17.9 Å². The lowest BCUT2D eigenvalue weighted by Crippen LogP contribution is -2.53. The number of nitrogens with one attached hydrogen (secondary N) is 1. The van der Waals surface area contributed by atoms with E-state index in [9.17, 15) is 22.8 Å². The Kier molecular flexibility index (Phi) is 7.90. The maximum absolute atomic E-state index is 12.8. The van der Waals surface area contributed by atoms with Gasteiger partial charge in [-0.2, -0.15) is 13.2 Å². The Morgan fingerprint density at radius 2 is 1.58 bits per heavy atom. The summed E-state index contributed by atoms with van der Waals surface area (Å²) in [6.07, 6.45) is -4.14. The SMILES string of the molecule is COC(=O)[C@@H](CC(C)C)N(NC(=O)c1ccc(C(F)(F)F)cc1)c1ccc(OC)cc1. The molecule has 0 aromatic heterocycles. The van der Waals surface area contributed by atoms with Gasteiger partial charge in [0.1, 0.15) is 11.8 Å². The number of alkyl halides is 3. The van der Waals surface area contributed by atoms with Crippen LogP contribution in [0.4, 0.5) is 18.9 Å². The first-order valence-corrected chi connectivity index (χ1v) is 9.56. The molecule has 0 fully saturated rings. The van der Waals surface area contributed by atoms with Gasteiger partial charge in [0.15, 0.2) is 0 Å². The molecule has 6 nitrogen and oxygen atoms in total. The van der Waals surface area contributed by atoms with E-state index in [1.807, 2.05) is 13.8 Å². The molecule has 0 unspecified atom stereocenters. The Labute approximate surface area is 178 Å². The van der Waals surface area contributed by atoms with Crippen LogP contribution in [0, 0.1) is 5.92 Å². The molecule has 0 aliphatic heterocycles. The Morgan fingerprint density at radius 3 is 2.03 bits per heavy atom. The van der Waals surface area contributed by atoms with Gasteiger partial charge < -0.3 is 9.47 Å². The maximum atomic E-state index is 12.8. The van der Waals surface area contributed by atoms with Crippen LogP contribution in [0.1, 0.15) is 36.2 Å². The molecule has 0 aliphatic carbocycles. The van der Waals surface area contributed by atoms with Crippen molar-refractivity contribution in [2.45, 2.75) is 32.5 Å². The number of amides is 1. The minimum atomic E-state index is -4.50. The quantitative estimate of drug-likeness (QED) is 0.487. The van der Waals surface area contributed by atoms with Crippen LogP contribution >= 0.6 is 0 Å². The first-order chi connectivity index (χ1) is 14.6. The number of rotatable bonds is 8. The summed E-state index contributed by atoms with van der Waals surface area (Å²) in [6.45, 7) is 3.83. The van der Waals surface area contributed by atoms with Crippen LogP contribution in [-0.2, 0) is 15.7 Å². The molecule has 2 aromatic carbocycles. The molecule has 0 heterocycles. The number of anilines is 1. The third-order valence-electron chi connectivity index (χ3n) is 4.53. The fraction of sp³-hybridized carbons (Fsp3) is 0.364. The van der Waals surface area contributed by atoms with Crippen LogP contribution < -0.4 is 15.2 Å². The van der Waals surface area contributed by atoms with Crippen molar-refractivity contribution in [2.75, 3.05) is 19.2 Å². The molecule has 1 atom stereocenters. The molecule has 168 valence electrons. The van der Waals surface area contributed by atoms with Gasteiger partial charge in [-0.05, 0) is 60.9 Å². The molecular formula is C22H25F3N2O4. The fourth-order valence-electron chi connectivity index (χ4n) is 2.94. The van der Waals surface area contributed by atoms with E-state index in [0.717, 1.165) is 24.3 Å². The Morgan fingerprint density at radius 1 is 1.00 bits per heavy atom. The van der Waals surface area contributed by atoms with E-state index in [2.05, 4.69) is 5.43 Å². The first-order valence-electron chi connectivity index (χ1n) is 9.56. The number of hydrazine groups is 1. The summed E-state index contributed by atoms with van der Waals surface area (Å²) in [5, 5.41) is 1.37. The number of nitrogens with zero attached hydrogens (tertiary/aromatic N) is 1. The van der Waals surface area contributed by atoms with Gasteiger partial charge in [-0.1, -0.05) is 13.8 Å². The number of carbonyl (C=O) groups is 2. The second-order valence-electron chi connectivity index (χ2n) is 7.25. The fourth-order valence-corrected chi connectivity index (χ4v) is 2.94. The lowest BCUT2D eigenvalue weighted by molar-refractivity contribution is -0.142. The maximum Gasteiger partial charge on any atom is 0.416 e. The predicted octanol–water partition coefficient (Wildman–Crippen LogP) is 4.45.